The smallest absolute Gasteiger partial charge is 0.291 e. The lowest BCUT2D eigenvalue weighted by atomic mass is 10.0. The molecule has 3 rings (SSSR count). The second-order valence-corrected chi connectivity index (χ2v) is 7.08. The average molecular weight is 425 g/mol. The molecule has 0 fully saturated rings. The fraction of sp³-hybridized carbons (Fsp3) is 0.174. The van der Waals surface area contributed by atoms with E-state index < -0.39 is 5.91 Å². The minimum atomic E-state index is -0.469. The van der Waals surface area contributed by atoms with Gasteiger partial charge >= 0.3 is 0 Å². The van der Waals surface area contributed by atoms with E-state index >= 15 is 0 Å². The normalized spacial score (nSPS) is 10.5. The quantitative estimate of drug-likeness (QED) is 0.477. The highest BCUT2D eigenvalue weighted by atomic mass is 35.5. The van der Waals surface area contributed by atoms with Crippen molar-refractivity contribution in [2.75, 3.05) is 10.6 Å². The Kier molecular flexibility index (Phi) is 7.03. The first-order valence-electron chi connectivity index (χ1n) is 9.52. The third kappa shape index (κ3) is 5.58. The first kappa shape index (κ1) is 21.3. The molecule has 2 amide bonds. The fourth-order valence-corrected chi connectivity index (χ4v) is 3.00. The lowest BCUT2D eigenvalue weighted by Gasteiger charge is -2.12. The molecule has 0 unspecified atom stereocenters. The number of nitrogens with one attached hydrogen (secondary N) is 2. The Labute approximate surface area is 179 Å². The van der Waals surface area contributed by atoms with Crippen molar-refractivity contribution >= 4 is 40.6 Å². The Balaban J connectivity index is 1.61. The second-order valence-electron chi connectivity index (χ2n) is 6.64. The average Bonchev–Trinajstić information content (AvgIpc) is 3.29. The van der Waals surface area contributed by atoms with E-state index in [2.05, 4.69) is 10.6 Å². The molecule has 0 aliphatic heterocycles. The van der Waals surface area contributed by atoms with Crippen molar-refractivity contribution in [1.29, 1.82) is 0 Å². The number of hydrogen-bond acceptors (Lipinski definition) is 4. The van der Waals surface area contributed by atoms with Gasteiger partial charge in [-0.2, -0.15) is 0 Å². The minimum Gasteiger partial charge on any atom is -0.459 e. The van der Waals surface area contributed by atoms with Gasteiger partial charge in [-0.05, 0) is 42.3 Å². The van der Waals surface area contributed by atoms with Gasteiger partial charge in [-0.1, -0.05) is 42.8 Å². The number of aryl methyl sites for hydroxylation is 1. The molecule has 0 saturated heterocycles. The molecule has 2 N–H and O–H groups in total. The number of carbonyl (C=O) groups is 3. The largest absolute Gasteiger partial charge is 0.459 e. The number of halogens is 1. The van der Waals surface area contributed by atoms with E-state index in [4.69, 9.17) is 16.0 Å². The lowest BCUT2D eigenvalue weighted by Crippen LogP contribution is -2.17. The van der Waals surface area contributed by atoms with Crippen LogP contribution in [-0.2, 0) is 11.2 Å². The summed E-state index contributed by atoms with van der Waals surface area (Å²) in [6.07, 6.45) is 2.39. The van der Waals surface area contributed by atoms with Crippen LogP contribution in [0.5, 0.6) is 0 Å². The fourth-order valence-electron chi connectivity index (χ4n) is 2.83. The standard InChI is InChI=1S/C23H21ClN2O4/c1-2-15-5-7-16(8-6-15)20(27)11-12-22(28)25-18-10-9-17(24)14-19(18)26-23(29)21-4-3-13-30-21/h3-10,13-14H,2,11-12H2,1H3,(H,25,28)(H,26,29). The predicted molar refractivity (Wildman–Crippen MR) is 116 cm³/mol. The van der Waals surface area contributed by atoms with Crippen LogP contribution < -0.4 is 10.6 Å². The molecule has 0 aliphatic carbocycles. The molecule has 154 valence electrons. The van der Waals surface area contributed by atoms with Gasteiger partial charge < -0.3 is 15.1 Å². The van der Waals surface area contributed by atoms with E-state index in [9.17, 15) is 14.4 Å². The summed E-state index contributed by atoms with van der Waals surface area (Å²) in [7, 11) is 0. The van der Waals surface area contributed by atoms with E-state index in [0.29, 0.717) is 22.0 Å². The van der Waals surface area contributed by atoms with Gasteiger partial charge in [0.25, 0.3) is 5.91 Å². The van der Waals surface area contributed by atoms with Gasteiger partial charge in [0.1, 0.15) is 0 Å². The number of benzene rings is 2. The van der Waals surface area contributed by atoms with Crippen molar-refractivity contribution in [2.24, 2.45) is 0 Å². The Bertz CT molecular complexity index is 1040. The number of carbonyl (C=O) groups excluding carboxylic acids is 3. The van der Waals surface area contributed by atoms with E-state index in [0.717, 1.165) is 12.0 Å². The van der Waals surface area contributed by atoms with Crippen molar-refractivity contribution in [3.05, 3.63) is 82.8 Å². The summed E-state index contributed by atoms with van der Waals surface area (Å²) in [5.41, 5.74) is 2.44. The SMILES string of the molecule is CCc1ccc(C(=O)CCC(=O)Nc2ccc(Cl)cc2NC(=O)c2ccco2)cc1. The highest BCUT2D eigenvalue weighted by Gasteiger charge is 2.15. The van der Waals surface area contributed by atoms with E-state index in [1.54, 1.807) is 30.3 Å². The number of anilines is 2. The van der Waals surface area contributed by atoms with Crippen LogP contribution in [0.15, 0.2) is 65.3 Å². The van der Waals surface area contributed by atoms with E-state index in [1.165, 1.54) is 18.4 Å². The zero-order valence-corrected chi connectivity index (χ0v) is 17.2. The van der Waals surface area contributed by atoms with Gasteiger partial charge in [0.2, 0.25) is 5.91 Å². The van der Waals surface area contributed by atoms with Crippen LogP contribution in [0.4, 0.5) is 11.4 Å². The number of hydrogen-bond donors (Lipinski definition) is 2. The number of Topliss-reactive ketones (excluding diaryl/α,β-unsaturated/α-hetero) is 1. The molecule has 1 heterocycles. The summed E-state index contributed by atoms with van der Waals surface area (Å²) < 4.78 is 5.07. The molecule has 6 nitrogen and oxygen atoms in total. The van der Waals surface area contributed by atoms with Crippen LogP contribution in [0.1, 0.15) is 46.2 Å². The Morgan fingerprint density at radius 3 is 2.37 bits per heavy atom. The monoisotopic (exact) mass is 424 g/mol. The molecule has 0 radical (unpaired) electrons. The number of furan rings is 1. The molecule has 1 aromatic heterocycles. The maximum absolute atomic E-state index is 12.4. The summed E-state index contributed by atoms with van der Waals surface area (Å²) in [5.74, 6) is -0.782. The Hall–Kier alpha value is -3.38. The Morgan fingerprint density at radius 1 is 0.933 bits per heavy atom. The van der Waals surface area contributed by atoms with Crippen molar-refractivity contribution in [3.8, 4) is 0 Å². The van der Waals surface area contributed by atoms with Gasteiger partial charge in [-0.3, -0.25) is 14.4 Å². The van der Waals surface area contributed by atoms with Crippen molar-refractivity contribution in [3.63, 3.8) is 0 Å². The molecule has 0 aliphatic rings. The van der Waals surface area contributed by atoms with Gasteiger partial charge in [0.05, 0.1) is 17.6 Å². The van der Waals surface area contributed by atoms with Crippen LogP contribution in [0.25, 0.3) is 0 Å². The highest BCUT2D eigenvalue weighted by Crippen LogP contribution is 2.27. The molecule has 30 heavy (non-hydrogen) atoms. The molecule has 0 atom stereocenters. The molecule has 0 saturated carbocycles. The van der Waals surface area contributed by atoms with Crippen molar-refractivity contribution < 1.29 is 18.8 Å². The summed E-state index contributed by atoms with van der Waals surface area (Å²) in [4.78, 5) is 36.9. The second kappa shape index (κ2) is 9.89. The Morgan fingerprint density at radius 2 is 1.70 bits per heavy atom. The number of rotatable bonds is 8. The van der Waals surface area contributed by atoms with Crippen LogP contribution >= 0.6 is 11.6 Å². The van der Waals surface area contributed by atoms with Gasteiger partial charge in [-0.25, -0.2) is 0 Å². The van der Waals surface area contributed by atoms with Crippen molar-refractivity contribution in [1.82, 2.24) is 0 Å². The van der Waals surface area contributed by atoms with Crippen LogP contribution in [-0.4, -0.2) is 17.6 Å². The molecule has 7 heteroatoms. The van der Waals surface area contributed by atoms with Crippen molar-refractivity contribution in [2.45, 2.75) is 26.2 Å². The maximum atomic E-state index is 12.4. The number of ketones is 1. The summed E-state index contributed by atoms with van der Waals surface area (Å²) >= 11 is 6.02. The topological polar surface area (TPSA) is 88.4 Å². The first-order chi connectivity index (χ1) is 14.5. The van der Waals surface area contributed by atoms with Gasteiger partial charge in [0, 0.05) is 23.4 Å². The maximum Gasteiger partial charge on any atom is 0.291 e. The van der Waals surface area contributed by atoms with Gasteiger partial charge in [-0.15, -0.1) is 0 Å². The molecule has 0 spiro atoms. The number of amides is 2. The minimum absolute atomic E-state index is 0.0164. The molecule has 3 aromatic rings. The van der Waals surface area contributed by atoms with Gasteiger partial charge in [0.15, 0.2) is 11.5 Å². The summed E-state index contributed by atoms with van der Waals surface area (Å²) in [6.45, 7) is 2.04. The predicted octanol–water partition coefficient (Wildman–Crippen LogP) is 5.35. The third-order valence-corrected chi connectivity index (χ3v) is 4.75. The zero-order chi connectivity index (χ0) is 21.5. The molecule has 2 aromatic carbocycles. The van der Waals surface area contributed by atoms with E-state index in [-0.39, 0.29) is 30.3 Å². The molecule has 0 bridgehead atoms. The summed E-state index contributed by atoms with van der Waals surface area (Å²) in [5, 5.41) is 5.78. The highest BCUT2D eigenvalue weighted by molar-refractivity contribution is 6.31. The van der Waals surface area contributed by atoms with Crippen LogP contribution in [0.2, 0.25) is 5.02 Å². The summed E-state index contributed by atoms with van der Waals surface area (Å²) in [6, 6.07) is 15.2. The molecular formula is C23H21ClN2O4. The first-order valence-corrected chi connectivity index (χ1v) is 9.90. The lowest BCUT2D eigenvalue weighted by molar-refractivity contribution is -0.116. The zero-order valence-electron chi connectivity index (χ0n) is 16.4. The third-order valence-electron chi connectivity index (χ3n) is 4.51. The molecular weight excluding hydrogens is 404 g/mol. The van der Waals surface area contributed by atoms with Crippen LogP contribution in [0, 0.1) is 0 Å². The van der Waals surface area contributed by atoms with Crippen LogP contribution in [0.3, 0.4) is 0 Å². The van der Waals surface area contributed by atoms with E-state index in [1.807, 2.05) is 19.1 Å².